The van der Waals surface area contributed by atoms with Gasteiger partial charge < -0.3 is 21.4 Å². The lowest BCUT2D eigenvalue weighted by atomic mass is 9.66. The minimum Gasteiger partial charge on any atom is -0.490 e. The Labute approximate surface area is 170 Å². The molecule has 3 aliphatic carbocycles. The van der Waals surface area contributed by atoms with Gasteiger partial charge in [-0.05, 0) is 56.7 Å². The summed E-state index contributed by atoms with van der Waals surface area (Å²) in [5.41, 5.74) is 16.1. The fourth-order valence-corrected chi connectivity index (χ4v) is 5.46. The van der Waals surface area contributed by atoms with Gasteiger partial charge in [-0.15, -0.1) is 0 Å². The van der Waals surface area contributed by atoms with E-state index in [4.69, 9.17) is 16.2 Å². The normalized spacial score (nSPS) is 26.3. The molecule has 2 fully saturated rings. The van der Waals surface area contributed by atoms with Crippen LogP contribution in [0.5, 0.6) is 5.75 Å². The van der Waals surface area contributed by atoms with Crippen molar-refractivity contribution in [1.82, 2.24) is 9.97 Å². The average Bonchev–Trinajstić information content (AvgIpc) is 3.20. The minimum absolute atomic E-state index is 0.177. The molecule has 0 atom stereocenters. The summed E-state index contributed by atoms with van der Waals surface area (Å²) in [5, 5.41) is 13.9. The van der Waals surface area contributed by atoms with Crippen LogP contribution in [0.2, 0.25) is 0 Å². The van der Waals surface area contributed by atoms with Crippen molar-refractivity contribution in [3.05, 3.63) is 35.7 Å². The highest BCUT2D eigenvalue weighted by Gasteiger charge is 2.49. The van der Waals surface area contributed by atoms with Crippen molar-refractivity contribution in [3.8, 4) is 17.0 Å². The van der Waals surface area contributed by atoms with Crippen LogP contribution in [0.25, 0.3) is 11.3 Å². The molecule has 7 heteroatoms. The predicted molar refractivity (Wildman–Crippen MR) is 111 cm³/mol. The van der Waals surface area contributed by atoms with Gasteiger partial charge >= 0.3 is 0 Å². The SMILES string of the molecule is Nc1ncnc2c1C1(CCCC1)/C(=N/O)c1cc(OC3CCC(N)CC3)ccc1-2. The largest absolute Gasteiger partial charge is 0.490 e. The second-order valence-corrected chi connectivity index (χ2v) is 8.58. The Morgan fingerprint density at radius 3 is 2.55 bits per heavy atom. The van der Waals surface area contributed by atoms with Gasteiger partial charge in [-0.1, -0.05) is 18.0 Å². The molecule has 0 amide bonds. The van der Waals surface area contributed by atoms with E-state index in [0.717, 1.165) is 79.5 Å². The number of fused-ring (bicyclic) bond motifs is 4. The van der Waals surface area contributed by atoms with Crippen molar-refractivity contribution in [2.75, 3.05) is 5.73 Å². The molecule has 29 heavy (non-hydrogen) atoms. The molecule has 5 rings (SSSR count). The Balaban J connectivity index is 1.59. The zero-order valence-electron chi connectivity index (χ0n) is 16.5. The maximum atomic E-state index is 10.1. The van der Waals surface area contributed by atoms with E-state index in [9.17, 15) is 5.21 Å². The summed E-state index contributed by atoms with van der Waals surface area (Å²) in [6, 6.07) is 6.25. The van der Waals surface area contributed by atoms with Crippen LogP contribution in [0, 0.1) is 0 Å². The van der Waals surface area contributed by atoms with Gasteiger partial charge in [0.2, 0.25) is 0 Å². The van der Waals surface area contributed by atoms with Crippen molar-refractivity contribution in [1.29, 1.82) is 0 Å². The monoisotopic (exact) mass is 393 g/mol. The van der Waals surface area contributed by atoms with Crippen molar-refractivity contribution in [2.24, 2.45) is 10.9 Å². The molecule has 2 saturated carbocycles. The quantitative estimate of drug-likeness (QED) is 0.531. The van der Waals surface area contributed by atoms with Crippen LogP contribution in [-0.2, 0) is 5.41 Å². The van der Waals surface area contributed by atoms with Crippen molar-refractivity contribution in [2.45, 2.75) is 68.9 Å². The lowest BCUT2D eigenvalue weighted by Crippen LogP contribution is -2.39. The highest BCUT2D eigenvalue weighted by atomic mass is 16.5. The van der Waals surface area contributed by atoms with Crippen LogP contribution in [-0.4, -0.2) is 33.0 Å². The van der Waals surface area contributed by atoms with Crippen LogP contribution in [0.15, 0.2) is 29.7 Å². The third kappa shape index (κ3) is 2.87. The number of rotatable bonds is 2. The number of aromatic nitrogens is 2. The first-order chi connectivity index (χ1) is 14.1. The van der Waals surface area contributed by atoms with Crippen LogP contribution in [0.1, 0.15) is 62.5 Å². The molecule has 0 radical (unpaired) electrons. The second kappa shape index (κ2) is 6.99. The Hall–Kier alpha value is -2.67. The van der Waals surface area contributed by atoms with E-state index < -0.39 is 5.41 Å². The maximum absolute atomic E-state index is 10.1. The zero-order valence-corrected chi connectivity index (χ0v) is 16.5. The Bertz CT molecular complexity index is 960. The number of benzene rings is 1. The Morgan fingerprint density at radius 2 is 1.83 bits per heavy atom. The molecular formula is C22H27N5O2. The molecule has 0 saturated heterocycles. The molecule has 1 spiro atoms. The fraction of sp³-hybridized carbons (Fsp3) is 0.500. The molecule has 5 N–H and O–H groups in total. The molecule has 1 heterocycles. The molecule has 0 bridgehead atoms. The maximum Gasteiger partial charge on any atom is 0.131 e. The van der Waals surface area contributed by atoms with Gasteiger partial charge in [0.1, 0.15) is 17.9 Å². The zero-order chi connectivity index (χ0) is 20.0. The van der Waals surface area contributed by atoms with E-state index in [-0.39, 0.29) is 12.1 Å². The third-order valence-electron chi connectivity index (χ3n) is 6.89. The fourth-order valence-electron chi connectivity index (χ4n) is 5.46. The molecule has 0 unspecified atom stereocenters. The van der Waals surface area contributed by atoms with Gasteiger partial charge in [0, 0.05) is 28.1 Å². The lowest BCUT2D eigenvalue weighted by Gasteiger charge is -2.37. The van der Waals surface area contributed by atoms with Crippen LogP contribution >= 0.6 is 0 Å². The van der Waals surface area contributed by atoms with Crippen molar-refractivity contribution >= 4 is 11.5 Å². The summed E-state index contributed by atoms with van der Waals surface area (Å²) in [5.74, 6) is 1.27. The number of hydrogen-bond donors (Lipinski definition) is 3. The predicted octanol–water partition coefficient (Wildman–Crippen LogP) is 3.38. The molecule has 1 aromatic carbocycles. The van der Waals surface area contributed by atoms with Crippen LogP contribution in [0.4, 0.5) is 5.82 Å². The first-order valence-corrected chi connectivity index (χ1v) is 10.5. The topological polar surface area (TPSA) is 120 Å². The molecule has 1 aromatic heterocycles. The van der Waals surface area contributed by atoms with E-state index >= 15 is 0 Å². The molecular weight excluding hydrogens is 366 g/mol. The summed E-state index contributed by atoms with van der Waals surface area (Å²) in [7, 11) is 0. The Kier molecular flexibility index (Phi) is 4.42. The molecule has 3 aliphatic rings. The molecule has 2 aromatic rings. The number of oxime groups is 1. The third-order valence-corrected chi connectivity index (χ3v) is 6.89. The average molecular weight is 393 g/mol. The molecule has 152 valence electrons. The van der Waals surface area contributed by atoms with Crippen molar-refractivity contribution < 1.29 is 9.94 Å². The van der Waals surface area contributed by atoms with Crippen molar-refractivity contribution in [3.63, 3.8) is 0 Å². The van der Waals surface area contributed by atoms with Gasteiger partial charge in [-0.3, -0.25) is 0 Å². The standard InChI is InChI=1S/C22H27N5O2/c23-13-3-5-14(6-4-13)29-15-7-8-16-17(11-15)20(27-28)22(9-1-2-10-22)18-19(16)25-12-26-21(18)24/h7-8,11-14,28H,1-6,9-10,23H2,(H2,24,25,26)/b27-20+. The van der Waals surface area contributed by atoms with E-state index in [1.165, 1.54) is 6.33 Å². The van der Waals surface area contributed by atoms with Crippen LogP contribution in [0.3, 0.4) is 0 Å². The van der Waals surface area contributed by atoms with Gasteiger partial charge in [-0.2, -0.15) is 0 Å². The van der Waals surface area contributed by atoms with Gasteiger partial charge in [0.05, 0.1) is 17.5 Å². The smallest absolute Gasteiger partial charge is 0.131 e. The number of nitrogens with two attached hydrogens (primary N) is 2. The Morgan fingerprint density at radius 1 is 1.07 bits per heavy atom. The van der Waals surface area contributed by atoms with E-state index in [1.54, 1.807) is 0 Å². The van der Waals surface area contributed by atoms with E-state index in [1.807, 2.05) is 18.2 Å². The first-order valence-electron chi connectivity index (χ1n) is 10.5. The number of nitrogen functional groups attached to an aromatic ring is 1. The van der Waals surface area contributed by atoms with Gasteiger partial charge in [0.15, 0.2) is 0 Å². The number of ether oxygens (including phenoxy) is 1. The minimum atomic E-state index is -0.432. The van der Waals surface area contributed by atoms with Gasteiger partial charge in [-0.25, -0.2) is 9.97 Å². The molecule has 7 nitrogen and oxygen atoms in total. The summed E-state index contributed by atoms with van der Waals surface area (Å²) in [6.45, 7) is 0. The van der Waals surface area contributed by atoms with Gasteiger partial charge in [0.25, 0.3) is 0 Å². The second-order valence-electron chi connectivity index (χ2n) is 8.58. The number of hydrogen-bond acceptors (Lipinski definition) is 7. The number of anilines is 1. The van der Waals surface area contributed by atoms with E-state index in [0.29, 0.717) is 11.5 Å². The first kappa shape index (κ1) is 18.4. The number of nitrogens with zero attached hydrogens (tertiary/aromatic N) is 3. The highest BCUT2D eigenvalue weighted by Crippen LogP contribution is 2.53. The highest BCUT2D eigenvalue weighted by molar-refractivity contribution is 6.16. The van der Waals surface area contributed by atoms with Crippen LogP contribution < -0.4 is 16.2 Å². The summed E-state index contributed by atoms with van der Waals surface area (Å²) >= 11 is 0. The lowest BCUT2D eigenvalue weighted by molar-refractivity contribution is 0.147. The molecule has 0 aliphatic heterocycles. The summed E-state index contributed by atoms with van der Waals surface area (Å²) < 4.78 is 6.28. The van der Waals surface area contributed by atoms with E-state index in [2.05, 4.69) is 15.1 Å². The summed E-state index contributed by atoms with van der Waals surface area (Å²) in [6.07, 6.45) is 9.47. The summed E-state index contributed by atoms with van der Waals surface area (Å²) in [4.78, 5) is 8.83.